The number of hydrogen-bond donors (Lipinski definition) is 4. The van der Waals surface area contributed by atoms with Gasteiger partial charge in [-0.15, -0.1) is 0 Å². The number of amides is 1. The Kier molecular flexibility index (Phi) is 5.17. The first-order chi connectivity index (χ1) is 10.9. The van der Waals surface area contributed by atoms with Crippen LogP contribution < -0.4 is 11.1 Å². The van der Waals surface area contributed by atoms with Crippen LogP contribution >= 0.6 is 0 Å². The average Bonchev–Trinajstić information content (AvgIpc) is 3.21. The third kappa shape index (κ3) is 4.19. The molecule has 8 nitrogen and oxygen atoms in total. The van der Waals surface area contributed by atoms with Gasteiger partial charge in [-0.2, -0.15) is 0 Å². The molecule has 0 spiro atoms. The number of benzene rings is 1. The van der Waals surface area contributed by atoms with Crippen LogP contribution in [0.2, 0.25) is 0 Å². The number of carbonyl (C=O) groups excluding carboxylic acids is 1. The van der Waals surface area contributed by atoms with E-state index in [2.05, 4.69) is 5.32 Å². The van der Waals surface area contributed by atoms with Gasteiger partial charge >= 0.3 is 18.0 Å². The number of carboxylic acid groups (broad SMARTS) is 2. The second-order valence-corrected chi connectivity index (χ2v) is 5.38. The minimum Gasteiger partial charge on any atom is -0.481 e. The van der Waals surface area contributed by atoms with Gasteiger partial charge in [-0.1, -0.05) is 18.2 Å². The number of ether oxygens (including phenoxy) is 1. The number of rotatable bonds is 7. The number of nitrogens with one attached hydrogen (secondary N) is 1. The fraction of sp³-hybridized carbons (Fsp3) is 0.400. The van der Waals surface area contributed by atoms with Crippen LogP contribution in [0.3, 0.4) is 0 Å². The van der Waals surface area contributed by atoms with Crippen LogP contribution in [-0.2, 0) is 14.3 Å². The van der Waals surface area contributed by atoms with E-state index in [0.29, 0.717) is 5.69 Å². The molecule has 0 heterocycles. The lowest BCUT2D eigenvalue weighted by molar-refractivity contribution is -0.140. The van der Waals surface area contributed by atoms with Gasteiger partial charge in [0.25, 0.3) is 0 Å². The first kappa shape index (κ1) is 16.8. The van der Waals surface area contributed by atoms with Crippen molar-refractivity contribution in [2.45, 2.75) is 12.5 Å². The molecule has 4 atom stereocenters. The zero-order valence-electron chi connectivity index (χ0n) is 12.2. The summed E-state index contributed by atoms with van der Waals surface area (Å²) in [6, 6.07) is 7.50. The Morgan fingerprint density at radius 3 is 2.43 bits per heavy atom. The van der Waals surface area contributed by atoms with Gasteiger partial charge in [0.05, 0.1) is 12.5 Å². The lowest BCUT2D eigenvalue weighted by Gasteiger charge is -2.07. The molecule has 0 saturated heterocycles. The van der Waals surface area contributed by atoms with Crippen molar-refractivity contribution in [3.8, 4) is 0 Å². The van der Waals surface area contributed by atoms with Gasteiger partial charge < -0.3 is 20.7 Å². The zero-order valence-corrected chi connectivity index (χ0v) is 12.2. The highest BCUT2D eigenvalue weighted by atomic mass is 16.5. The summed E-state index contributed by atoms with van der Waals surface area (Å²) < 4.78 is 4.98. The van der Waals surface area contributed by atoms with E-state index in [1.807, 2.05) is 6.07 Å². The van der Waals surface area contributed by atoms with Gasteiger partial charge in [-0.3, -0.25) is 14.9 Å². The van der Waals surface area contributed by atoms with E-state index in [1.165, 1.54) is 0 Å². The highest BCUT2D eigenvalue weighted by molar-refractivity contribution is 5.84. The van der Waals surface area contributed by atoms with E-state index < -0.39 is 41.8 Å². The van der Waals surface area contributed by atoms with Crippen LogP contribution in [0.1, 0.15) is 6.42 Å². The molecule has 1 aromatic carbocycles. The fourth-order valence-corrected chi connectivity index (χ4v) is 2.74. The molecule has 1 aromatic rings. The number of aliphatic carboxylic acids is 2. The summed E-state index contributed by atoms with van der Waals surface area (Å²) in [5, 5.41) is 20.5. The van der Waals surface area contributed by atoms with E-state index in [4.69, 9.17) is 20.7 Å². The fourth-order valence-electron chi connectivity index (χ4n) is 2.74. The van der Waals surface area contributed by atoms with Crippen molar-refractivity contribution in [3.05, 3.63) is 30.3 Å². The number of anilines is 1. The standard InChI is InChI=1S/C15H18N2O6/c16-12(14(20)21)10-9(11(10)13(18)19)6-7-23-15(22)17-8-4-2-1-3-5-8/h1-5,9-12H,6-7,16H2,(H,17,22)(H,18,19)(H,20,21). The van der Waals surface area contributed by atoms with Gasteiger partial charge in [-0.05, 0) is 24.5 Å². The number of nitrogens with two attached hydrogens (primary N) is 1. The number of carbonyl (C=O) groups is 3. The maximum Gasteiger partial charge on any atom is 0.411 e. The van der Waals surface area contributed by atoms with Crippen LogP contribution in [0.4, 0.5) is 10.5 Å². The van der Waals surface area contributed by atoms with Gasteiger partial charge in [0, 0.05) is 11.6 Å². The normalized spacial score (nSPS) is 23.6. The second-order valence-electron chi connectivity index (χ2n) is 5.38. The Bertz CT molecular complexity index is 591. The van der Waals surface area contributed by atoms with Crippen molar-refractivity contribution in [1.29, 1.82) is 0 Å². The quantitative estimate of drug-likeness (QED) is 0.587. The third-order valence-electron chi connectivity index (χ3n) is 3.92. The lowest BCUT2D eigenvalue weighted by Crippen LogP contribution is -2.34. The van der Waals surface area contributed by atoms with Crippen LogP contribution in [0.5, 0.6) is 0 Å². The van der Waals surface area contributed by atoms with Crippen molar-refractivity contribution >= 4 is 23.7 Å². The van der Waals surface area contributed by atoms with Crippen LogP contribution in [0, 0.1) is 17.8 Å². The van der Waals surface area contributed by atoms with Crippen molar-refractivity contribution < 1.29 is 29.3 Å². The Morgan fingerprint density at radius 1 is 1.22 bits per heavy atom. The monoisotopic (exact) mass is 322 g/mol. The number of hydrogen-bond acceptors (Lipinski definition) is 5. The number of para-hydroxylation sites is 1. The van der Waals surface area contributed by atoms with Gasteiger partial charge in [-0.25, -0.2) is 4.79 Å². The summed E-state index contributed by atoms with van der Waals surface area (Å²) in [7, 11) is 0. The van der Waals surface area contributed by atoms with E-state index in [1.54, 1.807) is 24.3 Å². The summed E-state index contributed by atoms with van der Waals surface area (Å²) in [6.45, 7) is -0.00402. The molecule has 1 aliphatic carbocycles. The Morgan fingerprint density at radius 2 is 1.87 bits per heavy atom. The predicted molar refractivity (Wildman–Crippen MR) is 79.7 cm³/mol. The molecule has 1 amide bonds. The van der Waals surface area contributed by atoms with E-state index in [-0.39, 0.29) is 13.0 Å². The molecule has 0 aromatic heterocycles. The molecule has 2 rings (SSSR count). The highest BCUT2D eigenvalue weighted by Crippen LogP contribution is 2.50. The topological polar surface area (TPSA) is 139 Å². The van der Waals surface area contributed by atoms with Crippen molar-refractivity contribution in [3.63, 3.8) is 0 Å². The SMILES string of the molecule is NC(C(=O)O)C1C(CCOC(=O)Nc2ccccc2)C1C(=O)O. The molecular formula is C15H18N2O6. The first-order valence-electron chi connectivity index (χ1n) is 7.12. The summed E-state index contributed by atoms with van der Waals surface area (Å²) in [5.41, 5.74) is 6.07. The predicted octanol–water partition coefficient (Wildman–Crippen LogP) is 0.984. The molecule has 1 fully saturated rings. The Hall–Kier alpha value is -2.61. The third-order valence-corrected chi connectivity index (χ3v) is 3.92. The largest absolute Gasteiger partial charge is 0.481 e. The molecule has 1 aliphatic rings. The second kappa shape index (κ2) is 7.10. The van der Waals surface area contributed by atoms with E-state index in [0.717, 1.165) is 0 Å². The molecule has 23 heavy (non-hydrogen) atoms. The van der Waals surface area contributed by atoms with E-state index >= 15 is 0 Å². The maximum atomic E-state index is 11.6. The van der Waals surface area contributed by atoms with Crippen molar-refractivity contribution in [2.24, 2.45) is 23.5 Å². The summed E-state index contributed by atoms with van der Waals surface area (Å²) >= 11 is 0. The van der Waals surface area contributed by atoms with Gasteiger partial charge in [0.2, 0.25) is 0 Å². The number of carboxylic acids is 2. The molecular weight excluding hydrogens is 304 g/mol. The van der Waals surface area contributed by atoms with Crippen LogP contribution in [0.15, 0.2) is 30.3 Å². The molecule has 5 N–H and O–H groups in total. The zero-order chi connectivity index (χ0) is 17.0. The molecule has 124 valence electrons. The first-order valence-corrected chi connectivity index (χ1v) is 7.12. The molecule has 1 saturated carbocycles. The lowest BCUT2D eigenvalue weighted by atomic mass is 10.1. The maximum absolute atomic E-state index is 11.6. The molecule has 0 aliphatic heterocycles. The van der Waals surface area contributed by atoms with E-state index in [9.17, 15) is 14.4 Å². The molecule has 0 bridgehead atoms. The molecule has 4 unspecified atom stereocenters. The molecule has 8 heteroatoms. The smallest absolute Gasteiger partial charge is 0.411 e. The summed E-state index contributed by atoms with van der Waals surface area (Å²) in [4.78, 5) is 33.5. The van der Waals surface area contributed by atoms with Crippen molar-refractivity contribution in [1.82, 2.24) is 0 Å². The highest BCUT2D eigenvalue weighted by Gasteiger charge is 2.58. The average molecular weight is 322 g/mol. The van der Waals surface area contributed by atoms with Crippen molar-refractivity contribution in [2.75, 3.05) is 11.9 Å². The summed E-state index contributed by atoms with van der Waals surface area (Å²) in [5.74, 6) is -4.15. The minimum absolute atomic E-state index is 0.00402. The van der Waals surface area contributed by atoms with Gasteiger partial charge in [0.15, 0.2) is 0 Å². The molecule has 0 radical (unpaired) electrons. The summed E-state index contributed by atoms with van der Waals surface area (Å²) in [6.07, 6.45) is -0.395. The van der Waals surface area contributed by atoms with Crippen LogP contribution in [0.25, 0.3) is 0 Å². The minimum atomic E-state index is -1.23. The Balaban J connectivity index is 1.78. The van der Waals surface area contributed by atoms with Crippen LogP contribution in [-0.4, -0.2) is 40.9 Å². The Labute approximate surface area is 132 Å². The van der Waals surface area contributed by atoms with Gasteiger partial charge in [0.1, 0.15) is 6.04 Å².